The Balaban J connectivity index is 2.03. The minimum atomic E-state index is -0.771. The molecule has 0 aliphatic heterocycles. The fourth-order valence-corrected chi connectivity index (χ4v) is 3.62. The van der Waals surface area contributed by atoms with E-state index >= 15 is 0 Å². The number of hydrogen-bond acceptors (Lipinski definition) is 1. The molecule has 2 atom stereocenters. The van der Waals surface area contributed by atoms with E-state index in [1.807, 2.05) is 32.0 Å². The molecule has 0 aromatic heterocycles. The molecule has 0 saturated carbocycles. The predicted molar refractivity (Wildman–Crippen MR) is 83.0 cm³/mol. The van der Waals surface area contributed by atoms with Crippen molar-refractivity contribution >= 4 is 0 Å². The van der Waals surface area contributed by atoms with Gasteiger partial charge < -0.3 is 5.11 Å². The molecule has 0 fully saturated rings. The summed E-state index contributed by atoms with van der Waals surface area (Å²) in [5, 5.41) is 10.8. The van der Waals surface area contributed by atoms with E-state index in [4.69, 9.17) is 0 Å². The first-order chi connectivity index (χ1) is 10.1. The van der Waals surface area contributed by atoms with Gasteiger partial charge in [0.1, 0.15) is 5.82 Å². The molecule has 0 spiro atoms. The van der Waals surface area contributed by atoms with Gasteiger partial charge in [0, 0.05) is 11.5 Å². The minimum Gasteiger partial charge on any atom is -0.388 e. The van der Waals surface area contributed by atoms with Crippen LogP contribution in [0.25, 0.3) is 0 Å². The van der Waals surface area contributed by atoms with Gasteiger partial charge in [0.15, 0.2) is 0 Å². The molecule has 0 saturated heterocycles. The highest BCUT2D eigenvalue weighted by atomic mass is 19.1. The van der Waals surface area contributed by atoms with E-state index in [2.05, 4.69) is 12.1 Å². The molecule has 2 heteroatoms. The molecule has 0 bridgehead atoms. The summed E-state index contributed by atoms with van der Waals surface area (Å²) in [6, 6.07) is 11.7. The van der Waals surface area contributed by atoms with E-state index in [1.165, 1.54) is 17.2 Å². The van der Waals surface area contributed by atoms with Gasteiger partial charge in [0.25, 0.3) is 0 Å². The third kappa shape index (κ3) is 2.60. The van der Waals surface area contributed by atoms with Crippen LogP contribution in [0.5, 0.6) is 0 Å². The molecule has 1 aliphatic carbocycles. The van der Waals surface area contributed by atoms with E-state index < -0.39 is 6.10 Å². The van der Waals surface area contributed by atoms with E-state index in [-0.39, 0.29) is 11.7 Å². The lowest BCUT2D eigenvalue weighted by Gasteiger charge is -2.30. The number of aryl methyl sites for hydroxylation is 3. The minimum absolute atomic E-state index is 0.00847. The molecule has 1 nitrogen and oxygen atoms in total. The molecule has 1 aliphatic rings. The summed E-state index contributed by atoms with van der Waals surface area (Å²) < 4.78 is 14.3. The van der Waals surface area contributed by atoms with Crippen LogP contribution in [0.3, 0.4) is 0 Å². The maximum absolute atomic E-state index is 14.3. The lowest BCUT2D eigenvalue weighted by atomic mass is 9.77. The van der Waals surface area contributed by atoms with Crippen LogP contribution in [-0.4, -0.2) is 5.11 Å². The largest absolute Gasteiger partial charge is 0.388 e. The zero-order chi connectivity index (χ0) is 15.0. The normalized spacial score (nSPS) is 19.1. The van der Waals surface area contributed by atoms with Crippen LogP contribution in [0.15, 0.2) is 36.4 Å². The van der Waals surface area contributed by atoms with E-state index in [0.717, 1.165) is 30.4 Å². The monoisotopic (exact) mass is 284 g/mol. The maximum Gasteiger partial charge on any atom is 0.129 e. The lowest BCUT2D eigenvalue weighted by Crippen LogP contribution is -2.19. The molecule has 1 N–H and O–H groups in total. The summed E-state index contributed by atoms with van der Waals surface area (Å²) in [7, 11) is 0. The highest BCUT2D eigenvalue weighted by molar-refractivity contribution is 5.39. The zero-order valence-corrected chi connectivity index (χ0v) is 12.6. The summed E-state index contributed by atoms with van der Waals surface area (Å²) >= 11 is 0. The molecule has 0 heterocycles. The molecule has 110 valence electrons. The second-order valence-corrected chi connectivity index (χ2v) is 6.12. The Morgan fingerprint density at radius 1 is 1.19 bits per heavy atom. The first-order valence-corrected chi connectivity index (χ1v) is 7.60. The predicted octanol–water partition coefficient (Wildman–Crippen LogP) is 4.60. The smallest absolute Gasteiger partial charge is 0.129 e. The quantitative estimate of drug-likeness (QED) is 0.854. The van der Waals surface area contributed by atoms with E-state index in [0.29, 0.717) is 5.56 Å². The fraction of sp³-hybridized carbons (Fsp3) is 0.368. The van der Waals surface area contributed by atoms with Crippen LogP contribution >= 0.6 is 0 Å². The van der Waals surface area contributed by atoms with Gasteiger partial charge in [-0.05, 0) is 61.4 Å². The molecule has 0 radical (unpaired) electrons. The van der Waals surface area contributed by atoms with Gasteiger partial charge in [-0.3, -0.25) is 0 Å². The Kier molecular flexibility index (Phi) is 3.81. The SMILES string of the molecule is Cc1cc(C)c(C(O)C2CCCc3ccccc32)c(F)c1. The molecule has 3 rings (SSSR count). The number of halogens is 1. The Bertz CT molecular complexity index is 639. The average molecular weight is 284 g/mol. The number of aliphatic hydroxyl groups is 1. The Morgan fingerprint density at radius 3 is 2.71 bits per heavy atom. The molecule has 21 heavy (non-hydrogen) atoms. The van der Waals surface area contributed by atoms with Gasteiger partial charge >= 0.3 is 0 Å². The average Bonchev–Trinajstić information content (AvgIpc) is 2.45. The number of aliphatic hydroxyl groups excluding tert-OH is 1. The summed E-state index contributed by atoms with van der Waals surface area (Å²) in [4.78, 5) is 0. The van der Waals surface area contributed by atoms with Crippen LogP contribution in [0.2, 0.25) is 0 Å². The van der Waals surface area contributed by atoms with Crippen LogP contribution in [0.1, 0.15) is 52.7 Å². The molecule has 2 unspecified atom stereocenters. The lowest BCUT2D eigenvalue weighted by molar-refractivity contribution is 0.131. The molecule has 2 aromatic rings. The second-order valence-electron chi connectivity index (χ2n) is 6.12. The van der Waals surface area contributed by atoms with Crippen LogP contribution < -0.4 is 0 Å². The van der Waals surface area contributed by atoms with Gasteiger partial charge in [-0.15, -0.1) is 0 Å². The van der Waals surface area contributed by atoms with Gasteiger partial charge in [-0.1, -0.05) is 30.3 Å². The van der Waals surface area contributed by atoms with Crippen molar-refractivity contribution in [2.45, 2.75) is 45.1 Å². The Hall–Kier alpha value is -1.67. The van der Waals surface area contributed by atoms with Crippen molar-refractivity contribution in [3.63, 3.8) is 0 Å². The summed E-state index contributed by atoms with van der Waals surface area (Å²) in [6.45, 7) is 3.76. The Morgan fingerprint density at radius 2 is 1.95 bits per heavy atom. The Labute approximate surface area is 125 Å². The number of benzene rings is 2. The highest BCUT2D eigenvalue weighted by Crippen LogP contribution is 2.41. The molecular formula is C19H21FO. The third-order valence-corrected chi connectivity index (χ3v) is 4.57. The van der Waals surface area contributed by atoms with Gasteiger partial charge in [0.05, 0.1) is 6.10 Å². The highest BCUT2D eigenvalue weighted by Gasteiger charge is 2.30. The first-order valence-electron chi connectivity index (χ1n) is 7.60. The van der Waals surface area contributed by atoms with Gasteiger partial charge in [0.2, 0.25) is 0 Å². The third-order valence-electron chi connectivity index (χ3n) is 4.57. The van der Waals surface area contributed by atoms with Crippen LogP contribution in [0.4, 0.5) is 4.39 Å². The molecule has 0 amide bonds. The van der Waals surface area contributed by atoms with Crippen LogP contribution in [-0.2, 0) is 6.42 Å². The zero-order valence-electron chi connectivity index (χ0n) is 12.6. The standard InChI is InChI=1S/C19H21FO/c1-12-10-13(2)18(17(20)11-12)19(21)16-9-5-7-14-6-3-4-8-15(14)16/h3-4,6,8,10-11,16,19,21H,5,7,9H2,1-2H3. The van der Waals surface area contributed by atoms with Crippen molar-refractivity contribution < 1.29 is 9.50 Å². The van der Waals surface area contributed by atoms with Crippen molar-refractivity contribution in [1.29, 1.82) is 0 Å². The van der Waals surface area contributed by atoms with Crippen LogP contribution in [0, 0.1) is 19.7 Å². The summed E-state index contributed by atoms with van der Waals surface area (Å²) in [6.07, 6.45) is 2.23. The van der Waals surface area contributed by atoms with Crippen molar-refractivity contribution in [2.75, 3.05) is 0 Å². The van der Waals surface area contributed by atoms with E-state index in [9.17, 15) is 9.50 Å². The molecule has 2 aromatic carbocycles. The van der Waals surface area contributed by atoms with Gasteiger partial charge in [-0.2, -0.15) is 0 Å². The van der Waals surface area contributed by atoms with Gasteiger partial charge in [-0.25, -0.2) is 4.39 Å². The van der Waals surface area contributed by atoms with Crippen molar-refractivity contribution in [2.24, 2.45) is 0 Å². The number of rotatable bonds is 2. The van der Waals surface area contributed by atoms with Crippen molar-refractivity contribution in [1.82, 2.24) is 0 Å². The van der Waals surface area contributed by atoms with E-state index in [1.54, 1.807) is 0 Å². The first kappa shape index (κ1) is 14.3. The summed E-state index contributed by atoms with van der Waals surface area (Å²) in [5.41, 5.74) is 4.66. The topological polar surface area (TPSA) is 20.2 Å². The second kappa shape index (κ2) is 5.61. The summed E-state index contributed by atoms with van der Waals surface area (Å²) in [5.74, 6) is -0.297. The van der Waals surface area contributed by atoms with Crippen molar-refractivity contribution in [3.05, 3.63) is 70.0 Å². The number of fused-ring (bicyclic) bond motifs is 1. The number of hydrogen-bond donors (Lipinski definition) is 1. The molecular weight excluding hydrogens is 263 g/mol. The fourth-order valence-electron chi connectivity index (χ4n) is 3.62. The van der Waals surface area contributed by atoms with Crippen molar-refractivity contribution in [3.8, 4) is 0 Å². The maximum atomic E-state index is 14.3.